The molecule has 0 N–H and O–H groups in total. The standard InChI is InChI=1S/C17H26N2O/c1-14(2)16(20)18-10-11-19(17(3,4)13-18)12-15-8-6-5-7-9-15/h5-9,14H,10-13H2,1-4H3. The Kier molecular flexibility index (Phi) is 4.48. The van der Waals surface area contributed by atoms with Crippen molar-refractivity contribution in [1.82, 2.24) is 9.80 Å². The topological polar surface area (TPSA) is 23.6 Å². The molecule has 0 aromatic heterocycles. The number of piperazine rings is 1. The third-order valence-electron chi connectivity index (χ3n) is 4.10. The van der Waals surface area contributed by atoms with Crippen LogP contribution in [-0.4, -0.2) is 40.9 Å². The molecule has 3 heteroatoms. The van der Waals surface area contributed by atoms with Gasteiger partial charge in [0.25, 0.3) is 0 Å². The third kappa shape index (κ3) is 3.40. The van der Waals surface area contributed by atoms with Crippen molar-refractivity contribution in [2.24, 2.45) is 5.92 Å². The van der Waals surface area contributed by atoms with Crippen LogP contribution < -0.4 is 0 Å². The Labute approximate surface area is 122 Å². The third-order valence-corrected chi connectivity index (χ3v) is 4.10. The first kappa shape index (κ1) is 15.0. The monoisotopic (exact) mass is 274 g/mol. The van der Waals surface area contributed by atoms with E-state index in [2.05, 4.69) is 43.0 Å². The van der Waals surface area contributed by atoms with E-state index in [1.165, 1.54) is 5.56 Å². The van der Waals surface area contributed by atoms with Crippen LogP contribution in [0.1, 0.15) is 33.3 Å². The summed E-state index contributed by atoms with van der Waals surface area (Å²) in [5.41, 5.74) is 1.36. The van der Waals surface area contributed by atoms with Gasteiger partial charge in [-0.1, -0.05) is 44.2 Å². The highest BCUT2D eigenvalue weighted by Gasteiger charge is 2.35. The smallest absolute Gasteiger partial charge is 0.225 e. The zero-order valence-corrected chi connectivity index (χ0v) is 13.1. The minimum absolute atomic E-state index is 0.0264. The fourth-order valence-corrected chi connectivity index (χ4v) is 2.84. The average molecular weight is 274 g/mol. The van der Waals surface area contributed by atoms with Gasteiger partial charge in [0, 0.05) is 37.6 Å². The summed E-state index contributed by atoms with van der Waals surface area (Å²) < 4.78 is 0. The van der Waals surface area contributed by atoms with Crippen LogP contribution in [0.3, 0.4) is 0 Å². The average Bonchev–Trinajstić information content (AvgIpc) is 2.41. The number of nitrogens with zero attached hydrogens (tertiary/aromatic N) is 2. The SMILES string of the molecule is CC(C)C(=O)N1CCN(Cc2ccccc2)C(C)(C)C1. The van der Waals surface area contributed by atoms with Crippen LogP contribution in [0.15, 0.2) is 30.3 Å². The van der Waals surface area contributed by atoms with Crippen molar-refractivity contribution in [2.75, 3.05) is 19.6 Å². The molecule has 0 aliphatic carbocycles. The molecular formula is C17H26N2O. The van der Waals surface area contributed by atoms with E-state index in [1.54, 1.807) is 0 Å². The Balaban J connectivity index is 2.03. The molecule has 1 heterocycles. The molecule has 0 bridgehead atoms. The van der Waals surface area contributed by atoms with Crippen molar-refractivity contribution in [1.29, 1.82) is 0 Å². The van der Waals surface area contributed by atoms with E-state index < -0.39 is 0 Å². The number of hydrogen-bond donors (Lipinski definition) is 0. The molecule has 1 aromatic carbocycles. The highest BCUT2D eigenvalue weighted by molar-refractivity contribution is 5.78. The summed E-state index contributed by atoms with van der Waals surface area (Å²) in [5, 5.41) is 0. The van der Waals surface area contributed by atoms with Crippen molar-refractivity contribution < 1.29 is 4.79 Å². The highest BCUT2D eigenvalue weighted by Crippen LogP contribution is 2.24. The van der Waals surface area contributed by atoms with Crippen molar-refractivity contribution >= 4 is 5.91 Å². The molecular weight excluding hydrogens is 248 g/mol. The number of rotatable bonds is 3. The summed E-state index contributed by atoms with van der Waals surface area (Å²) in [6.45, 7) is 12.0. The highest BCUT2D eigenvalue weighted by atomic mass is 16.2. The molecule has 0 radical (unpaired) electrons. The van der Waals surface area contributed by atoms with E-state index in [0.717, 1.165) is 26.2 Å². The minimum Gasteiger partial charge on any atom is -0.339 e. The zero-order chi connectivity index (χ0) is 14.8. The van der Waals surface area contributed by atoms with Gasteiger partial charge in [0.15, 0.2) is 0 Å². The molecule has 2 rings (SSSR count). The number of benzene rings is 1. The summed E-state index contributed by atoms with van der Waals surface area (Å²) in [5.74, 6) is 0.365. The minimum atomic E-state index is 0.0264. The van der Waals surface area contributed by atoms with Crippen LogP contribution in [0.2, 0.25) is 0 Å². The lowest BCUT2D eigenvalue weighted by Gasteiger charge is -2.47. The molecule has 110 valence electrons. The quantitative estimate of drug-likeness (QED) is 0.846. The normalized spacial score (nSPS) is 19.4. The lowest BCUT2D eigenvalue weighted by Crippen LogP contribution is -2.60. The van der Waals surface area contributed by atoms with Crippen molar-refractivity contribution in [3.8, 4) is 0 Å². The first-order valence-electron chi connectivity index (χ1n) is 7.48. The van der Waals surface area contributed by atoms with Gasteiger partial charge in [-0.25, -0.2) is 0 Å². The maximum Gasteiger partial charge on any atom is 0.225 e. The lowest BCUT2D eigenvalue weighted by atomic mass is 9.96. The summed E-state index contributed by atoms with van der Waals surface area (Å²) in [7, 11) is 0. The van der Waals surface area contributed by atoms with Crippen LogP contribution in [0.25, 0.3) is 0 Å². The molecule has 1 fully saturated rings. The summed E-state index contributed by atoms with van der Waals surface area (Å²) in [6, 6.07) is 10.6. The number of carbonyl (C=O) groups is 1. The van der Waals surface area contributed by atoms with Crippen LogP contribution in [0.4, 0.5) is 0 Å². The molecule has 0 saturated carbocycles. The molecule has 1 amide bonds. The summed E-state index contributed by atoms with van der Waals surface area (Å²) in [4.78, 5) is 16.7. The molecule has 1 saturated heterocycles. The first-order chi connectivity index (χ1) is 9.40. The molecule has 3 nitrogen and oxygen atoms in total. The van der Waals surface area contributed by atoms with E-state index >= 15 is 0 Å². The first-order valence-corrected chi connectivity index (χ1v) is 7.48. The molecule has 0 spiro atoms. The van der Waals surface area contributed by atoms with E-state index in [0.29, 0.717) is 0 Å². The van der Waals surface area contributed by atoms with Gasteiger partial charge in [0.2, 0.25) is 5.91 Å². The van der Waals surface area contributed by atoms with Crippen molar-refractivity contribution in [3.05, 3.63) is 35.9 Å². The zero-order valence-electron chi connectivity index (χ0n) is 13.1. The van der Waals surface area contributed by atoms with Crippen LogP contribution in [0.5, 0.6) is 0 Å². The van der Waals surface area contributed by atoms with E-state index in [1.807, 2.05) is 24.8 Å². The Morgan fingerprint density at radius 2 is 1.85 bits per heavy atom. The molecule has 1 aliphatic heterocycles. The second-order valence-electron chi connectivity index (χ2n) is 6.63. The molecule has 1 aliphatic rings. The molecule has 20 heavy (non-hydrogen) atoms. The maximum atomic E-state index is 12.2. The van der Waals surface area contributed by atoms with Gasteiger partial charge in [-0.05, 0) is 19.4 Å². The van der Waals surface area contributed by atoms with Gasteiger partial charge < -0.3 is 4.90 Å². The summed E-state index contributed by atoms with van der Waals surface area (Å²) >= 11 is 0. The predicted molar refractivity (Wildman–Crippen MR) is 82.3 cm³/mol. The van der Waals surface area contributed by atoms with Gasteiger partial charge in [-0.3, -0.25) is 9.69 Å². The van der Waals surface area contributed by atoms with E-state index in [-0.39, 0.29) is 17.4 Å². The van der Waals surface area contributed by atoms with Crippen LogP contribution >= 0.6 is 0 Å². The lowest BCUT2D eigenvalue weighted by molar-refractivity contribution is -0.139. The predicted octanol–water partition coefficient (Wildman–Crippen LogP) is 2.77. The van der Waals surface area contributed by atoms with Crippen LogP contribution in [-0.2, 0) is 11.3 Å². The second kappa shape index (κ2) is 5.96. The molecule has 0 atom stereocenters. The van der Waals surface area contributed by atoms with Crippen molar-refractivity contribution in [3.63, 3.8) is 0 Å². The Morgan fingerprint density at radius 3 is 2.40 bits per heavy atom. The Morgan fingerprint density at radius 1 is 1.20 bits per heavy atom. The Hall–Kier alpha value is -1.35. The van der Waals surface area contributed by atoms with E-state index in [4.69, 9.17) is 0 Å². The number of carbonyl (C=O) groups excluding carboxylic acids is 1. The fraction of sp³-hybridized carbons (Fsp3) is 0.588. The number of amides is 1. The van der Waals surface area contributed by atoms with Gasteiger partial charge >= 0.3 is 0 Å². The molecule has 1 aromatic rings. The van der Waals surface area contributed by atoms with Gasteiger partial charge in [0.05, 0.1) is 0 Å². The van der Waals surface area contributed by atoms with Gasteiger partial charge in [-0.15, -0.1) is 0 Å². The largest absolute Gasteiger partial charge is 0.339 e. The van der Waals surface area contributed by atoms with Gasteiger partial charge in [-0.2, -0.15) is 0 Å². The van der Waals surface area contributed by atoms with Crippen molar-refractivity contribution in [2.45, 2.75) is 39.8 Å². The summed E-state index contributed by atoms with van der Waals surface area (Å²) in [6.07, 6.45) is 0. The number of hydrogen-bond acceptors (Lipinski definition) is 2. The van der Waals surface area contributed by atoms with Crippen LogP contribution in [0, 0.1) is 5.92 Å². The fourth-order valence-electron chi connectivity index (χ4n) is 2.84. The van der Waals surface area contributed by atoms with E-state index in [9.17, 15) is 4.79 Å². The Bertz CT molecular complexity index is 453. The molecule has 0 unspecified atom stereocenters. The maximum absolute atomic E-state index is 12.2. The van der Waals surface area contributed by atoms with Gasteiger partial charge in [0.1, 0.15) is 0 Å². The second-order valence-corrected chi connectivity index (χ2v) is 6.63.